The molecule has 2 aromatic carbocycles. The minimum Gasteiger partial charge on any atom is -0.378 e. The van der Waals surface area contributed by atoms with Gasteiger partial charge in [0, 0.05) is 23.6 Å². The van der Waals surface area contributed by atoms with Crippen LogP contribution in [0, 0.1) is 0 Å². The number of hydrogen-bond donors (Lipinski definition) is 1. The number of benzene rings is 2. The Kier molecular flexibility index (Phi) is 5.82. The van der Waals surface area contributed by atoms with Gasteiger partial charge in [-0.3, -0.25) is 4.79 Å². The summed E-state index contributed by atoms with van der Waals surface area (Å²) in [6.45, 7) is 2.02. The number of para-hydroxylation sites is 1. The maximum absolute atomic E-state index is 12.0. The van der Waals surface area contributed by atoms with Gasteiger partial charge < -0.3 is 5.32 Å². The molecule has 110 valence electrons. The summed E-state index contributed by atoms with van der Waals surface area (Å²) in [5, 5.41) is 4.11. The molecule has 2 nitrogen and oxygen atoms in total. The Balaban J connectivity index is 2.22. The molecule has 0 saturated carbocycles. The van der Waals surface area contributed by atoms with Gasteiger partial charge >= 0.3 is 0 Å². The van der Waals surface area contributed by atoms with Gasteiger partial charge in [-0.1, -0.05) is 54.9 Å². The highest BCUT2D eigenvalue weighted by atomic mass is 35.5. The normalized spacial score (nSPS) is 11.9. The summed E-state index contributed by atoms with van der Waals surface area (Å²) >= 11 is 6.29. The van der Waals surface area contributed by atoms with Crippen LogP contribution in [-0.2, 0) is 4.79 Å². The molecule has 2 rings (SSSR count). The van der Waals surface area contributed by atoms with Crippen molar-refractivity contribution in [2.45, 2.75) is 32.2 Å². The first-order valence-corrected chi connectivity index (χ1v) is 7.66. The number of halogens is 1. The monoisotopic (exact) mass is 301 g/mol. The minimum absolute atomic E-state index is 0.0971. The summed E-state index contributed by atoms with van der Waals surface area (Å²) in [7, 11) is 0. The second kappa shape index (κ2) is 7.84. The van der Waals surface area contributed by atoms with Gasteiger partial charge in [0.25, 0.3) is 0 Å². The number of carbonyl (C=O) groups is 1. The second-order valence-electron chi connectivity index (χ2n) is 5.08. The topological polar surface area (TPSA) is 29.1 Å². The van der Waals surface area contributed by atoms with Crippen LogP contribution in [0.25, 0.3) is 0 Å². The predicted molar refractivity (Wildman–Crippen MR) is 88.8 cm³/mol. The smallest absolute Gasteiger partial charge is 0.135 e. The fraction of sp³-hybridized carbons (Fsp3) is 0.278. The molecule has 0 aliphatic heterocycles. The zero-order valence-electron chi connectivity index (χ0n) is 12.2. The highest BCUT2D eigenvalue weighted by Crippen LogP contribution is 2.29. The van der Waals surface area contributed by atoms with Gasteiger partial charge in [0.2, 0.25) is 0 Å². The van der Waals surface area contributed by atoms with Crippen molar-refractivity contribution in [1.82, 2.24) is 0 Å². The van der Waals surface area contributed by atoms with Crippen LogP contribution in [0.2, 0.25) is 5.02 Å². The molecule has 21 heavy (non-hydrogen) atoms. The van der Waals surface area contributed by atoms with Crippen LogP contribution in [0.4, 0.5) is 5.69 Å². The number of anilines is 1. The third-order valence-electron chi connectivity index (χ3n) is 3.36. The third kappa shape index (κ3) is 4.61. The Hall–Kier alpha value is -1.80. The Labute approximate surface area is 131 Å². The molecule has 3 heteroatoms. The minimum atomic E-state index is -0.0971. The van der Waals surface area contributed by atoms with Crippen LogP contribution in [0.15, 0.2) is 54.6 Å². The van der Waals surface area contributed by atoms with Crippen molar-refractivity contribution < 1.29 is 4.79 Å². The van der Waals surface area contributed by atoms with Gasteiger partial charge in [0.1, 0.15) is 5.78 Å². The van der Waals surface area contributed by atoms with Crippen LogP contribution < -0.4 is 5.32 Å². The SMILES string of the molecule is CCCC(=O)CC(Nc1ccccc1)c1ccccc1Cl. The first-order valence-electron chi connectivity index (χ1n) is 7.28. The predicted octanol–water partition coefficient (Wildman–Crippen LogP) is 5.25. The lowest BCUT2D eigenvalue weighted by Gasteiger charge is -2.21. The standard InChI is InChI=1S/C18H20ClNO/c1-2-8-15(21)13-18(16-11-6-7-12-17(16)19)20-14-9-4-3-5-10-14/h3-7,9-12,18,20H,2,8,13H2,1H3. The fourth-order valence-corrected chi connectivity index (χ4v) is 2.61. The van der Waals surface area contributed by atoms with Crippen LogP contribution in [0.3, 0.4) is 0 Å². The fourth-order valence-electron chi connectivity index (χ4n) is 2.34. The molecule has 0 bridgehead atoms. The van der Waals surface area contributed by atoms with Crippen molar-refractivity contribution in [1.29, 1.82) is 0 Å². The first-order chi connectivity index (χ1) is 10.2. The molecule has 1 N–H and O–H groups in total. The summed E-state index contributed by atoms with van der Waals surface area (Å²) in [6.07, 6.45) is 1.93. The van der Waals surface area contributed by atoms with Crippen molar-refractivity contribution in [2.24, 2.45) is 0 Å². The maximum Gasteiger partial charge on any atom is 0.135 e. The number of hydrogen-bond acceptors (Lipinski definition) is 2. The summed E-state index contributed by atoms with van der Waals surface area (Å²) in [5.41, 5.74) is 1.96. The lowest BCUT2D eigenvalue weighted by atomic mass is 9.99. The van der Waals surface area contributed by atoms with Crippen molar-refractivity contribution in [3.05, 3.63) is 65.2 Å². The first kappa shape index (κ1) is 15.6. The second-order valence-corrected chi connectivity index (χ2v) is 5.48. The summed E-state index contributed by atoms with van der Waals surface area (Å²) in [5.74, 6) is 0.255. The van der Waals surface area contributed by atoms with E-state index in [9.17, 15) is 4.79 Å². The molecule has 0 spiro atoms. The van der Waals surface area contributed by atoms with Crippen LogP contribution in [-0.4, -0.2) is 5.78 Å². The largest absolute Gasteiger partial charge is 0.378 e. The Bertz CT molecular complexity index is 583. The number of rotatable bonds is 7. The number of Topliss-reactive ketones (excluding diaryl/α,β-unsaturated/α-hetero) is 1. The maximum atomic E-state index is 12.0. The molecule has 0 aromatic heterocycles. The van der Waals surface area contributed by atoms with E-state index < -0.39 is 0 Å². The van der Waals surface area contributed by atoms with E-state index in [1.165, 1.54) is 0 Å². The average molecular weight is 302 g/mol. The quantitative estimate of drug-likeness (QED) is 0.756. The van der Waals surface area contributed by atoms with Crippen molar-refractivity contribution in [2.75, 3.05) is 5.32 Å². The molecule has 1 unspecified atom stereocenters. The summed E-state index contributed by atoms with van der Waals surface area (Å²) in [4.78, 5) is 12.0. The Morgan fingerprint density at radius 1 is 1.10 bits per heavy atom. The number of carbonyl (C=O) groups excluding carboxylic acids is 1. The van der Waals surface area contributed by atoms with Gasteiger partial charge in [-0.25, -0.2) is 0 Å². The zero-order valence-corrected chi connectivity index (χ0v) is 12.9. The van der Waals surface area contributed by atoms with Gasteiger partial charge in [-0.05, 0) is 30.2 Å². The average Bonchev–Trinajstić information content (AvgIpc) is 2.48. The molecule has 2 aromatic rings. The third-order valence-corrected chi connectivity index (χ3v) is 3.70. The van der Waals surface area contributed by atoms with Gasteiger partial charge in [-0.15, -0.1) is 0 Å². The van der Waals surface area contributed by atoms with Crippen LogP contribution >= 0.6 is 11.6 Å². The molecule has 1 atom stereocenters. The highest BCUT2D eigenvalue weighted by Gasteiger charge is 2.17. The molecule has 0 heterocycles. The van der Waals surface area contributed by atoms with Crippen molar-refractivity contribution in [3.63, 3.8) is 0 Å². The van der Waals surface area contributed by atoms with E-state index in [4.69, 9.17) is 11.6 Å². The molecule has 0 aliphatic rings. The van der Waals surface area contributed by atoms with Gasteiger partial charge in [0.15, 0.2) is 0 Å². The van der Waals surface area contributed by atoms with E-state index in [0.717, 1.165) is 17.7 Å². The molecule has 0 radical (unpaired) electrons. The molecular weight excluding hydrogens is 282 g/mol. The zero-order chi connectivity index (χ0) is 15.1. The van der Waals surface area contributed by atoms with E-state index in [1.807, 2.05) is 61.5 Å². The van der Waals surface area contributed by atoms with Gasteiger partial charge in [0.05, 0.1) is 6.04 Å². The molecule has 0 amide bonds. The lowest BCUT2D eigenvalue weighted by Crippen LogP contribution is -2.16. The molecule has 0 fully saturated rings. The molecule has 0 saturated heterocycles. The molecular formula is C18H20ClNO. The van der Waals surface area contributed by atoms with E-state index >= 15 is 0 Å². The van der Waals surface area contributed by atoms with Gasteiger partial charge in [-0.2, -0.15) is 0 Å². The highest BCUT2D eigenvalue weighted by molar-refractivity contribution is 6.31. The van der Waals surface area contributed by atoms with Crippen LogP contribution in [0.5, 0.6) is 0 Å². The van der Waals surface area contributed by atoms with Crippen LogP contribution in [0.1, 0.15) is 37.8 Å². The van der Waals surface area contributed by atoms with Crippen molar-refractivity contribution >= 4 is 23.1 Å². The van der Waals surface area contributed by atoms with E-state index in [-0.39, 0.29) is 11.8 Å². The van der Waals surface area contributed by atoms with E-state index in [0.29, 0.717) is 17.9 Å². The lowest BCUT2D eigenvalue weighted by molar-refractivity contribution is -0.119. The summed E-state index contributed by atoms with van der Waals surface area (Å²) < 4.78 is 0. The van der Waals surface area contributed by atoms with E-state index in [2.05, 4.69) is 5.32 Å². The number of ketones is 1. The summed E-state index contributed by atoms with van der Waals surface area (Å²) in [6, 6.07) is 17.5. The molecule has 0 aliphatic carbocycles. The number of nitrogens with one attached hydrogen (secondary N) is 1. The Morgan fingerprint density at radius 3 is 2.43 bits per heavy atom. The van der Waals surface area contributed by atoms with Crippen molar-refractivity contribution in [3.8, 4) is 0 Å². The Morgan fingerprint density at radius 2 is 1.76 bits per heavy atom. The van der Waals surface area contributed by atoms with E-state index in [1.54, 1.807) is 0 Å².